The maximum absolute atomic E-state index is 11.8. The highest BCUT2D eigenvalue weighted by Gasteiger charge is 2.22. The molecule has 1 aliphatic rings. The number of amides is 2. The number of hydrogen-bond acceptors (Lipinski definition) is 4. The summed E-state index contributed by atoms with van der Waals surface area (Å²) in [5.41, 5.74) is 0. The third kappa shape index (κ3) is 6.40. The zero-order valence-electron chi connectivity index (χ0n) is 11.3. The highest BCUT2D eigenvalue weighted by molar-refractivity contribution is 5.74. The summed E-state index contributed by atoms with van der Waals surface area (Å²) >= 11 is 0. The SMILES string of the molecule is COCC1CCN(C(=O)NCCOCC(=O)O)CC1. The molecular formula is C12H22N2O5. The van der Waals surface area contributed by atoms with Crippen LogP contribution in [0.1, 0.15) is 12.8 Å². The van der Waals surface area contributed by atoms with Gasteiger partial charge in [-0.25, -0.2) is 9.59 Å². The minimum Gasteiger partial charge on any atom is -0.480 e. The Bertz CT molecular complexity index is 290. The van der Waals surface area contributed by atoms with Crippen molar-refractivity contribution in [2.45, 2.75) is 12.8 Å². The molecule has 0 aromatic carbocycles. The lowest BCUT2D eigenvalue weighted by atomic mass is 9.98. The predicted molar refractivity (Wildman–Crippen MR) is 68.0 cm³/mol. The van der Waals surface area contributed by atoms with E-state index in [0.29, 0.717) is 12.5 Å². The second-order valence-corrected chi connectivity index (χ2v) is 4.56. The number of nitrogens with zero attached hydrogens (tertiary/aromatic N) is 1. The molecule has 1 aliphatic heterocycles. The summed E-state index contributed by atoms with van der Waals surface area (Å²) in [4.78, 5) is 23.7. The maximum Gasteiger partial charge on any atom is 0.329 e. The van der Waals surface area contributed by atoms with Gasteiger partial charge in [0.25, 0.3) is 0 Å². The molecule has 0 radical (unpaired) electrons. The molecular weight excluding hydrogens is 252 g/mol. The molecule has 110 valence electrons. The molecule has 0 unspecified atom stereocenters. The summed E-state index contributed by atoms with van der Waals surface area (Å²) in [5.74, 6) is -0.473. The van der Waals surface area contributed by atoms with Gasteiger partial charge in [0.2, 0.25) is 0 Å². The second kappa shape index (κ2) is 8.71. The van der Waals surface area contributed by atoms with E-state index in [-0.39, 0.29) is 19.2 Å². The van der Waals surface area contributed by atoms with E-state index in [1.807, 2.05) is 0 Å². The molecule has 1 saturated heterocycles. The number of piperidine rings is 1. The summed E-state index contributed by atoms with van der Waals surface area (Å²) in [6.45, 7) is 2.41. The number of methoxy groups -OCH3 is 1. The first-order valence-electron chi connectivity index (χ1n) is 6.44. The van der Waals surface area contributed by atoms with E-state index in [0.717, 1.165) is 32.5 Å². The molecule has 0 aromatic heterocycles. The number of nitrogens with one attached hydrogen (secondary N) is 1. The Kier molecular flexibility index (Phi) is 7.20. The van der Waals surface area contributed by atoms with Crippen molar-refractivity contribution >= 4 is 12.0 Å². The first-order chi connectivity index (χ1) is 9.13. The third-order valence-corrected chi connectivity index (χ3v) is 3.05. The largest absolute Gasteiger partial charge is 0.480 e. The number of aliphatic carboxylic acids is 1. The topological polar surface area (TPSA) is 88.1 Å². The molecule has 0 aliphatic carbocycles. The van der Waals surface area contributed by atoms with Crippen molar-refractivity contribution in [2.75, 3.05) is 46.6 Å². The van der Waals surface area contributed by atoms with Gasteiger partial charge in [0, 0.05) is 33.4 Å². The second-order valence-electron chi connectivity index (χ2n) is 4.56. The van der Waals surface area contributed by atoms with E-state index < -0.39 is 5.97 Å². The number of urea groups is 1. The number of ether oxygens (including phenoxy) is 2. The first-order valence-corrected chi connectivity index (χ1v) is 6.44. The molecule has 0 atom stereocenters. The van der Waals surface area contributed by atoms with Crippen LogP contribution in [0.5, 0.6) is 0 Å². The Labute approximate surface area is 112 Å². The molecule has 0 saturated carbocycles. The number of hydrogen-bond donors (Lipinski definition) is 2. The van der Waals surface area contributed by atoms with Crippen LogP contribution in [0.15, 0.2) is 0 Å². The van der Waals surface area contributed by atoms with Gasteiger partial charge < -0.3 is 24.8 Å². The molecule has 7 heteroatoms. The van der Waals surface area contributed by atoms with Crippen molar-refractivity contribution in [3.8, 4) is 0 Å². The smallest absolute Gasteiger partial charge is 0.329 e. The van der Waals surface area contributed by atoms with Crippen molar-refractivity contribution in [3.05, 3.63) is 0 Å². The fourth-order valence-corrected chi connectivity index (χ4v) is 2.04. The molecule has 0 bridgehead atoms. The van der Waals surface area contributed by atoms with Crippen molar-refractivity contribution in [1.82, 2.24) is 10.2 Å². The van der Waals surface area contributed by atoms with Crippen LogP contribution in [0, 0.1) is 5.92 Å². The standard InChI is InChI=1S/C12H22N2O5/c1-18-8-10-2-5-14(6-3-10)12(17)13-4-7-19-9-11(15)16/h10H,2-9H2,1H3,(H,13,17)(H,15,16). The molecule has 1 heterocycles. The van der Waals surface area contributed by atoms with Crippen molar-refractivity contribution in [1.29, 1.82) is 0 Å². The van der Waals surface area contributed by atoms with Gasteiger partial charge in [-0.3, -0.25) is 0 Å². The van der Waals surface area contributed by atoms with Crippen molar-refractivity contribution < 1.29 is 24.2 Å². The Hall–Kier alpha value is -1.34. The monoisotopic (exact) mass is 274 g/mol. The molecule has 0 aromatic rings. The van der Waals surface area contributed by atoms with Crippen molar-refractivity contribution in [2.24, 2.45) is 5.92 Å². The Morgan fingerprint density at radius 1 is 1.37 bits per heavy atom. The number of rotatable bonds is 7. The normalized spacial score (nSPS) is 16.4. The minimum absolute atomic E-state index is 0.116. The van der Waals surface area contributed by atoms with E-state index in [4.69, 9.17) is 14.6 Å². The third-order valence-electron chi connectivity index (χ3n) is 3.05. The lowest BCUT2D eigenvalue weighted by molar-refractivity contribution is -0.142. The molecule has 19 heavy (non-hydrogen) atoms. The van der Waals surface area contributed by atoms with Crippen LogP contribution in [0.25, 0.3) is 0 Å². The zero-order valence-corrected chi connectivity index (χ0v) is 11.3. The molecule has 1 fully saturated rings. The average Bonchev–Trinajstić information content (AvgIpc) is 2.39. The molecule has 0 spiro atoms. The van der Waals surface area contributed by atoms with Gasteiger partial charge >= 0.3 is 12.0 Å². The Morgan fingerprint density at radius 3 is 2.63 bits per heavy atom. The van der Waals surface area contributed by atoms with Crippen LogP contribution in [-0.2, 0) is 14.3 Å². The summed E-state index contributed by atoms with van der Waals surface area (Å²) in [5, 5.41) is 11.1. The van der Waals surface area contributed by atoms with Gasteiger partial charge in [-0.15, -0.1) is 0 Å². The summed E-state index contributed by atoms with van der Waals surface area (Å²) in [7, 11) is 1.69. The highest BCUT2D eigenvalue weighted by atomic mass is 16.5. The fraction of sp³-hybridized carbons (Fsp3) is 0.833. The van der Waals surface area contributed by atoms with Crippen LogP contribution in [0.3, 0.4) is 0 Å². The Morgan fingerprint density at radius 2 is 2.05 bits per heavy atom. The number of carbonyl (C=O) groups excluding carboxylic acids is 1. The number of carbonyl (C=O) groups is 2. The van der Waals surface area contributed by atoms with Gasteiger partial charge in [-0.2, -0.15) is 0 Å². The Balaban J connectivity index is 2.09. The summed E-state index contributed by atoms with van der Waals surface area (Å²) in [6.07, 6.45) is 1.91. The quantitative estimate of drug-likeness (QED) is 0.645. The molecule has 2 amide bonds. The maximum atomic E-state index is 11.8. The van der Waals surface area contributed by atoms with Gasteiger partial charge in [-0.1, -0.05) is 0 Å². The van der Waals surface area contributed by atoms with E-state index in [1.54, 1.807) is 12.0 Å². The predicted octanol–water partition coefficient (Wildman–Crippen LogP) is 0.156. The number of likely N-dealkylation sites (tertiary alicyclic amines) is 1. The van der Waals surface area contributed by atoms with Crippen molar-refractivity contribution in [3.63, 3.8) is 0 Å². The lowest BCUT2D eigenvalue weighted by Gasteiger charge is -2.31. The number of carboxylic acid groups (broad SMARTS) is 1. The van der Waals surface area contributed by atoms with Crippen LogP contribution in [-0.4, -0.2) is 68.6 Å². The summed E-state index contributed by atoms with van der Waals surface area (Å²) in [6, 6.07) is -0.116. The average molecular weight is 274 g/mol. The lowest BCUT2D eigenvalue weighted by Crippen LogP contribution is -2.45. The van der Waals surface area contributed by atoms with Gasteiger partial charge in [0.1, 0.15) is 6.61 Å². The fourth-order valence-electron chi connectivity index (χ4n) is 2.04. The number of carboxylic acids is 1. The van der Waals surface area contributed by atoms with Crippen LogP contribution in [0.2, 0.25) is 0 Å². The molecule has 7 nitrogen and oxygen atoms in total. The first kappa shape index (κ1) is 15.7. The molecule has 1 rings (SSSR count). The highest BCUT2D eigenvalue weighted by Crippen LogP contribution is 2.16. The van der Waals surface area contributed by atoms with Gasteiger partial charge in [-0.05, 0) is 18.8 Å². The zero-order chi connectivity index (χ0) is 14.1. The van der Waals surface area contributed by atoms with Crippen LogP contribution >= 0.6 is 0 Å². The summed E-state index contributed by atoms with van der Waals surface area (Å²) < 4.78 is 9.94. The van der Waals surface area contributed by atoms with E-state index >= 15 is 0 Å². The van der Waals surface area contributed by atoms with E-state index in [1.165, 1.54) is 0 Å². The van der Waals surface area contributed by atoms with E-state index in [9.17, 15) is 9.59 Å². The van der Waals surface area contributed by atoms with E-state index in [2.05, 4.69) is 5.32 Å². The van der Waals surface area contributed by atoms with Gasteiger partial charge in [0.15, 0.2) is 0 Å². The van der Waals surface area contributed by atoms with Gasteiger partial charge in [0.05, 0.1) is 6.61 Å². The molecule has 2 N–H and O–H groups in total. The van der Waals surface area contributed by atoms with Crippen LogP contribution < -0.4 is 5.32 Å². The minimum atomic E-state index is -1.01. The van der Waals surface area contributed by atoms with Crippen LogP contribution in [0.4, 0.5) is 4.79 Å².